The summed E-state index contributed by atoms with van der Waals surface area (Å²) < 4.78 is 4.92. The number of benzene rings is 1. The SMILES string of the molecule is COc1cccc(SC)c1O. The molecule has 0 amide bonds. The molecule has 0 atom stereocenters. The number of ether oxygens (including phenoxy) is 1. The molecule has 3 heteroatoms. The van der Waals surface area contributed by atoms with E-state index in [4.69, 9.17) is 4.74 Å². The first-order valence-corrected chi connectivity index (χ1v) is 4.42. The minimum absolute atomic E-state index is 0.225. The van der Waals surface area contributed by atoms with Crippen molar-refractivity contribution in [1.29, 1.82) is 0 Å². The molecule has 0 bridgehead atoms. The van der Waals surface area contributed by atoms with Gasteiger partial charge in [-0.15, -0.1) is 11.8 Å². The number of rotatable bonds is 2. The van der Waals surface area contributed by atoms with Crippen LogP contribution in [0.4, 0.5) is 0 Å². The van der Waals surface area contributed by atoms with Gasteiger partial charge in [-0.05, 0) is 18.4 Å². The number of phenolic OH excluding ortho intramolecular Hbond substituents is 1. The maximum Gasteiger partial charge on any atom is 0.171 e. The zero-order chi connectivity index (χ0) is 8.27. The summed E-state index contributed by atoms with van der Waals surface area (Å²) >= 11 is 1.49. The first-order chi connectivity index (χ1) is 5.29. The van der Waals surface area contributed by atoms with E-state index in [2.05, 4.69) is 0 Å². The lowest BCUT2D eigenvalue weighted by molar-refractivity contribution is 0.367. The molecule has 0 aliphatic rings. The normalized spacial score (nSPS) is 9.64. The van der Waals surface area contributed by atoms with Crippen molar-refractivity contribution in [2.75, 3.05) is 13.4 Å². The quantitative estimate of drug-likeness (QED) is 0.689. The summed E-state index contributed by atoms with van der Waals surface area (Å²) in [6.07, 6.45) is 1.91. The van der Waals surface area contributed by atoms with Crippen molar-refractivity contribution in [2.24, 2.45) is 0 Å². The molecule has 0 saturated heterocycles. The molecule has 0 spiro atoms. The molecule has 2 nitrogen and oxygen atoms in total. The van der Waals surface area contributed by atoms with E-state index in [-0.39, 0.29) is 5.75 Å². The molecule has 0 aromatic heterocycles. The molecule has 0 fully saturated rings. The van der Waals surface area contributed by atoms with Crippen molar-refractivity contribution in [2.45, 2.75) is 4.90 Å². The van der Waals surface area contributed by atoms with Crippen LogP contribution in [0.5, 0.6) is 11.5 Å². The first kappa shape index (κ1) is 8.27. The van der Waals surface area contributed by atoms with E-state index < -0.39 is 0 Å². The molecule has 1 aromatic carbocycles. The van der Waals surface area contributed by atoms with Gasteiger partial charge in [-0.25, -0.2) is 0 Å². The van der Waals surface area contributed by atoms with Gasteiger partial charge in [0.25, 0.3) is 0 Å². The van der Waals surface area contributed by atoms with Gasteiger partial charge in [0.15, 0.2) is 11.5 Å². The largest absolute Gasteiger partial charge is 0.503 e. The molecule has 0 unspecified atom stereocenters. The van der Waals surface area contributed by atoms with E-state index in [1.807, 2.05) is 18.4 Å². The third-order valence-electron chi connectivity index (χ3n) is 1.40. The number of para-hydroxylation sites is 1. The number of hydrogen-bond donors (Lipinski definition) is 1. The Kier molecular flexibility index (Phi) is 2.65. The lowest BCUT2D eigenvalue weighted by Gasteiger charge is -2.05. The fourth-order valence-electron chi connectivity index (χ4n) is 0.832. The van der Waals surface area contributed by atoms with Gasteiger partial charge in [-0.2, -0.15) is 0 Å². The monoisotopic (exact) mass is 170 g/mol. The van der Waals surface area contributed by atoms with Crippen LogP contribution in [-0.2, 0) is 0 Å². The molecule has 0 heterocycles. The average Bonchev–Trinajstić information content (AvgIpc) is 2.05. The second kappa shape index (κ2) is 3.53. The second-order valence-electron chi connectivity index (χ2n) is 2.01. The summed E-state index contributed by atoms with van der Waals surface area (Å²) in [6.45, 7) is 0. The van der Waals surface area contributed by atoms with Gasteiger partial charge in [0, 0.05) is 0 Å². The lowest BCUT2D eigenvalue weighted by atomic mass is 10.3. The summed E-state index contributed by atoms with van der Waals surface area (Å²) in [4.78, 5) is 0.837. The molecule has 1 aromatic rings. The van der Waals surface area contributed by atoms with Crippen LogP contribution in [0.15, 0.2) is 23.1 Å². The van der Waals surface area contributed by atoms with Crippen LogP contribution in [-0.4, -0.2) is 18.5 Å². The number of aromatic hydroxyl groups is 1. The minimum Gasteiger partial charge on any atom is -0.503 e. The summed E-state index contributed by atoms with van der Waals surface area (Å²) in [6, 6.07) is 5.43. The summed E-state index contributed by atoms with van der Waals surface area (Å²) in [5.74, 6) is 0.749. The number of methoxy groups -OCH3 is 1. The Hall–Kier alpha value is -0.830. The molecule has 1 N–H and O–H groups in total. The topological polar surface area (TPSA) is 29.5 Å². The molecule has 0 saturated carbocycles. The maximum absolute atomic E-state index is 9.44. The standard InChI is InChI=1S/C8H10O2S/c1-10-6-4-3-5-7(11-2)8(6)9/h3-5,9H,1-2H3. The van der Waals surface area contributed by atoms with Gasteiger partial charge < -0.3 is 9.84 Å². The van der Waals surface area contributed by atoms with Gasteiger partial charge in [-0.1, -0.05) is 6.07 Å². The Morgan fingerprint density at radius 1 is 1.45 bits per heavy atom. The highest BCUT2D eigenvalue weighted by Crippen LogP contribution is 2.34. The number of hydrogen-bond acceptors (Lipinski definition) is 3. The molecular formula is C8H10O2S. The Morgan fingerprint density at radius 2 is 2.18 bits per heavy atom. The van der Waals surface area contributed by atoms with Crippen LogP contribution >= 0.6 is 11.8 Å². The Bertz CT molecular complexity index is 226. The van der Waals surface area contributed by atoms with E-state index in [0.29, 0.717) is 5.75 Å². The van der Waals surface area contributed by atoms with Crippen molar-refractivity contribution in [3.63, 3.8) is 0 Å². The molecule has 11 heavy (non-hydrogen) atoms. The molecule has 60 valence electrons. The van der Waals surface area contributed by atoms with Crippen molar-refractivity contribution in [3.05, 3.63) is 18.2 Å². The predicted molar refractivity (Wildman–Crippen MR) is 46.4 cm³/mol. The van der Waals surface area contributed by atoms with E-state index in [0.717, 1.165) is 4.90 Å². The summed E-state index contributed by atoms with van der Waals surface area (Å²) in [5, 5.41) is 9.44. The van der Waals surface area contributed by atoms with Crippen molar-refractivity contribution in [1.82, 2.24) is 0 Å². The van der Waals surface area contributed by atoms with Crippen molar-refractivity contribution < 1.29 is 9.84 Å². The highest BCUT2D eigenvalue weighted by Gasteiger charge is 2.04. The average molecular weight is 170 g/mol. The molecular weight excluding hydrogens is 160 g/mol. The molecule has 0 aliphatic heterocycles. The van der Waals surface area contributed by atoms with Crippen LogP contribution in [0.2, 0.25) is 0 Å². The van der Waals surface area contributed by atoms with Gasteiger partial charge in [0.05, 0.1) is 12.0 Å². The Labute approximate surface area is 70.2 Å². The third kappa shape index (κ3) is 1.60. The highest BCUT2D eigenvalue weighted by molar-refractivity contribution is 7.98. The zero-order valence-corrected chi connectivity index (χ0v) is 7.31. The Morgan fingerprint density at radius 3 is 2.73 bits per heavy atom. The van der Waals surface area contributed by atoms with Crippen LogP contribution in [0.25, 0.3) is 0 Å². The van der Waals surface area contributed by atoms with Crippen LogP contribution in [0.3, 0.4) is 0 Å². The lowest BCUT2D eigenvalue weighted by Crippen LogP contribution is -1.83. The molecule has 1 rings (SSSR count). The van der Waals surface area contributed by atoms with Gasteiger partial charge in [0.2, 0.25) is 0 Å². The highest BCUT2D eigenvalue weighted by atomic mass is 32.2. The van der Waals surface area contributed by atoms with Crippen LogP contribution in [0, 0.1) is 0 Å². The summed E-state index contributed by atoms with van der Waals surface area (Å²) in [5.41, 5.74) is 0. The summed E-state index contributed by atoms with van der Waals surface area (Å²) in [7, 11) is 1.54. The van der Waals surface area contributed by atoms with Gasteiger partial charge in [-0.3, -0.25) is 0 Å². The predicted octanol–water partition coefficient (Wildman–Crippen LogP) is 2.12. The van der Waals surface area contributed by atoms with Crippen LogP contribution < -0.4 is 4.74 Å². The maximum atomic E-state index is 9.44. The Balaban J connectivity index is 3.10. The van der Waals surface area contributed by atoms with E-state index in [9.17, 15) is 5.11 Å². The molecule has 0 radical (unpaired) electrons. The van der Waals surface area contributed by atoms with Gasteiger partial charge in [0.1, 0.15) is 0 Å². The number of thioether (sulfide) groups is 1. The number of phenols is 1. The van der Waals surface area contributed by atoms with E-state index in [1.54, 1.807) is 13.2 Å². The van der Waals surface area contributed by atoms with Crippen molar-refractivity contribution in [3.8, 4) is 11.5 Å². The van der Waals surface area contributed by atoms with Crippen molar-refractivity contribution >= 4 is 11.8 Å². The van der Waals surface area contributed by atoms with E-state index >= 15 is 0 Å². The second-order valence-corrected chi connectivity index (χ2v) is 2.86. The smallest absolute Gasteiger partial charge is 0.171 e. The van der Waals surface area contributed by atoms with Gasteiger partial charge >= 0.3 is 0 Å². The first-order valence-electron chi connectivity index (χ1n) is 3.19. The fraction of sp³-hybridized carbons (Fsp3) is 0.250. The third-order valence-corrected chi connectivity index (χ3v) is 2.17. The zero-order valence-electron chi connectivity index (χ0n) is 6.50. The molecule has 0 aliphatic carbocycles. The van der Waals surface area contributed by atoms with Crippen LogP contribution in [0.1, 0.15) is 0 Å². The fourth-order valence-corrected chi connectivity index (χ4v) is 1.34. The minimum atomic E-state index is 0.225. The van der Waals surface area contributed by atoms with E-state index in [1.165, 1.54) is 11.8 Å².